The van der Waals surface area contributed by atoms with Gasteiger partial charge in [0, 0.05) is 18.8 Å². The largest absolute Gasteiger partial charge is 0.438 e. The van der Waals surface area contributed by atoms with Crippen LogP contribution in [0.5, 0.6) is 11.6 Å². The smallest absolute Gasteiger partial charge is 0.262 e. The monoisotopic (exact) mass is 467 g/mol. The summed E-state index contributed by atoms with van der Waals surface area (Å²) in [7, 11) is -3.77. The van der Waals surface area contributed by atoms with Crippen LogP contribution in [0.25, 0.3) is 0 Å². The van der Waals surface area contributed by atoms with Crippen LogP contribution in [0.15, 0.2) is 65.7 Å². The van der Waals surface area contributed by atoms with Gasteiger partial charge in [0.1, 0.15) is 11.3 Å². The third-order valence-electron chi connectivity index (χ3n) is 5.00. The number of sulfonamides is 1. The minimum absolute atomic E-state index is 0.153. The van der Waals surface area contributed by atoms with E-state index in [0.29, 0.717) is 29.1 Å². The highest BCUT2D eigenvalue weighted by atomic mass is 32.2. The molecule has 2 N–H and O–H groups in total. The van der Waals surface area contributed by atoms with Gasteiger partial charge >= 0.3 is 0 Å². The van der Waals surface area contributed by atoms with Crippen molar-refractivity contribution < 1.29 is 17.9 Å². The number of carbonyl (C=O) groups excluding carboxylic acids is 1. The minimum atomic E-state index is -3.77. The molecule has 8 heteroatoms. The topological polar surface area (TPSA) is 97.4 Å². The predicted molar refractivity (Wildman–Crippen MR) is 129 cm³/mol. The number of hydrogen-bond donors (Lipinski definition) is 2. The molecule has 0 saturated carbocycles. The van der Waals surface area contributed by atoms with Crippen LogP contribution in [-0.4, -0.2) is 25.9 Å². The van der Waals surface area contributed by atoms with E-state index in [0.717, 1.165) is 24.8 Å². The van der Waals surface area contributed by atoms with Gasteiger partial charge in [-0.05, 0) is 56.2 Å². The number of anilines is 1. The fourth-order valence-electron chi connectivity index (χ4n) is 3.36. The van der Waals surface area contributed by atoms with Gasteiger partial charge in [-0.2, -0.15) is 0 Å². The maximum absolute atomic E-state index is 12.9. The van der Waals surface area contributed by atoms with Crippen molar-refractivity contribution in [2.24, 2.45) is 0 Å². The number of benzene rings is 2. The number of nitrogens with one attached hydrogen (secondary N) is 2. The molecule has 0 aliphatic heterocycles. The highest BCUT2D eigenvalue weighted by molar-refractivity contribution is 7.92. The second-order valence-corrected chi connectivity index (χ2v) is 9.47. The van der Waals surface area contributed by atoms with E-state index in [4.69, 9.17) is 4.74 Å². The highest BCUT2D eigenvalue weighted by Crippen LogP contribution is 2.27. The molecule has 0 saturated heterocycles. The first-order valence-electron chi connectivity index (χ1n) is 10.9. The second-order valence-electron chi connectivity index (χ2n) is 7.82. The van der Waals surface area contributed by atoms with Crippen LogP contribution in [0.3, 0.4) is 0 Å². The van der Waals surface area contributed by atoms with Crippen molar-refractivity contribution in [2.75, 3.05) is 11.3 Å². The van der Waals surface area contributed by atoms with E-state index in [9.17, 15) is 13.2 Å². The van der Waals surface area contributed by atoms with Crippen LogP contribution in [0, 0.1) is 13.8 Å². The van der Waals surface area contributed by atoms with Crippen molar-refractivity contribution in [2.45, 2.75) is 44.9 Å². The van der Waals surface area contributed by atoms with E-state index < -0.39 is 10.0 Å². The van der Waals surface area contributed by atoms with E-state index in [1.165, 1.54) is 6.20 Å². The first-order valence-corrected chi connectivity index (χ1v) is 12.4. The van der Waals surface area contributed by atoms with Gasteiger partial charge in [0.2, 0.25) is 5.88 Å². The molecule has 33 heavy (non-hydrogen) atoms. The average molecular weight is 468 g/mol. The molecule has 0 aliphatic rings. The van der Waals surface area contributed by atoms with Crippen LogP contribution >= 0.6 is 0 Å². The molecule has 7 nitrogen and oxygen atoms in total. The maximum Gasteiger partial charge on any atom is 0.262 e. The third kappa shape index (κ3) is 6.55. The lowest BCUT2D eigenvalue weighted by atomic mass is 10.2. The molecule has 0 fully saturated rings. The minimum Gasteiger partial charge on any atom is -0.438 e. The Labute approximate surface area is 195 Å². The first-order chi connectivity index (χ1) is 15.8. The number of amides is 1. The molecular formula is C25H29N3O4S. The molecule has 1 heterocycles. The summed E-state index contributed by atoms with van der Waals surface area (Å²) < 4.78 is 34.2. The van der Waals surface area contributed by atoms with Gasteiger partial charge in [-0.1, -0.05) is 43.5 Å². The lowest BCUT2D eigenvalue weighted by molar-refractivity contribution is 0.0950. The quantitative estimate of drug-likeness (QED) is 0.399. The van der Waals surface area contributed by atoms with Crippen molar-refractivity contribution in [3.63, 3.8) is 0 Å². The van der Waals surface area contributed by atoms with Crippen LogP contribution in [-0.2, 0) is 10.0 Å². The molecular weight excluding hydrogens is 438 g/mol. The Hall–Kier alpha value is -3.39. The molecule has 0 radical (unpaired) electrons. The number of hydrogen-bond acceptors (Lipinski definition) is 5. The summed E-state index contributed by atoms with van der Waals surface area (Å²) >= 11 is 0. The van der Waals surface area contributed by atoms with Crippen molar-refractivity contribution in [3.8, 4) is 11.6 Å². The zero-order valence-electron chi connectivity index (χ0n) is 19.1. The Morgan fingerprint density at radius 1 is 1.03 bits per heavy atom. The summed E-state index contributed by atoms with van der Waals surface area (Å²) in [5.74, 6) is 0.246. The summed E-state index contributed by atoms with van der Waals surface area (Å²) in [6.07, 6.45) is 4.56. The second kappa shape index (κ2) is 11.0. The zero-order valence-corrected chi connectivity index (χ0v) is 19.9. The number of aryl methyl sites for hydroxylation is 2. The molecule has 3 rings (SSSR count). The van der Waals surface area contributed by atoms with E-state index in [-0.39, 0.29) is 16.7 Å². The first kappa shape index (κ1) is 24.3. The van der Waals surface area contributed by atoms with Gasteiger partial charge in [0.05, 0.1) is 10.6 Å². The number of carbonyl (C=O) groups is 1. The van der Waals surface area contributed by atoms with Crippen LogP contribution < -0.4 is 14.8 Å². The fraction of sp³-hybridized carbons (Fsp3) is 0.280. The van der Waals surface area contributed by atoms with Crippen LogP contribution in [0.1, 0.15) is 47.7 Å². The normalized spacial score (nSPS) is 11.1. The van der Waals surface area contributed by atoms with Crippen LogP contribution in [0.4, 0.5) is 5.69 Å². The van der Waals surface area contributed by atoms with Crippen molar-refractivity contribution in [1.82, 2.24) is 10.3 Å². The standard InChI is InChI=1S/C25H29N3O4S/c1-4-5-6-14-26-24(29)22-11-8-15-27-25(22)32-21-10-7-9-20(17-21)28-33(30,31)23-13-12-18(2)16-19(23)3/h7-13,15-17,28H,4-6,14H2,1-3H3,(H,26,29). The lowest BCUT2D eigenvalue weighted by Gasteiger charge is -2.13. The van der Waals surface area contributed by atoms with Crippen molar-refractivity contribution in [3.05, 3.63) is 77.5 Å². The molecule has 0 bridgehead atoms. The number of pyridine rings is 1. The number of aromatic nitrogens is 1. The molecule has 0 aliphatic carbocycles. The van der Waals surface area contributed by atoms with Gasteiger partial charge in [-0.15, -0.1) is 0 Å². The van der Waals surface area contributed by atoms with E-state index in [2.05, 4.69) is 21.9 Å². The molecule has 3 aromatic rings. The number of unbranched alkanes of at least 4 members (excludes halogenated alkanes) is 2. The van der Waals surface area contributed by atoms with Gasteiger partial charge in [-0.3, -0.25) is 9.52 Å². The summed E-state index contributed by atoms with van der Waals surface area (Å²) in [6, 6.07) is 15.0. The lowest BCUT2D eigenvalue weighted by Crippen LogP contribution is -2.25. The van der Waals surface area contributed by atoms with Crippen molar-refractivity contribution >= 4 is 21.6 Å². The Morgan fingerprint density at radius 2 is 1.85 bits per heavy atom. The molecule has 1 aromatic heterocycles. The molecule has 174 valence electrons. The average Bonchev–Trinajstić information content (AvgIpc) is 2.76. The predicted octanol–water partition coefficient (Wildman–Crippen LogP) is 5.21. The van der Waals surface area contributed by atoms with Gasteiger partial charge in [-0.25, -0.2) is 13.4 Å². The van der Waals surface area contributed by atoms with Gasteiger partial charge in [0.15, 0.2) is 0 Å². The zero-order chi connectivity index (χ0) is 23.8. The summed E-state index contributed by atoms with van der Waals surface area (Å²) in [4.78, 5) is 17.0. The molecule has 2 aromatic carbocycles. The van der Waals surface area contributed by atoms with Gasteiger partial charge in [0.25, 0.3) is 15.9 Å². The Bertz CT molecular complexity index is 1230. The summed E-state index contributed by atoms with van der Waals surface area (Å²) in [6.45, 7) is 6.35. The Morgan fingerprint density at radius 3 is 2.61 bits per heavy atom. The Kier molecular flexibility index (Phi) is 8.06. The van der Waals surface area contributed by atoms with E-state index in [1.54, 1.807) is 55.5 Å². The molecule has 0 unspecified atom stereocenters. The maximum atomic E-state index is 12.9. The highest BCUT2D eigenvalue weighted by Gasteiger charge is 2.18. The fourth-order valence-corrected chi connectivity index (χ4v) is 4.64. The Balaban J connectivity index is 1.76. The SMILES string of the molecule is CCCCCNC(=O)c1cccnc1Oc1cccc(NS(=O)(=O)c2ccc(C)cc2C)c1. The molecule has 0 atom stereocenters. The van der Waals surface area contributed by atoms with E-state index >= 15 is 0 Å². The molecule has 0 spiro atoms. The van der Waals surface area contributed by atoms with E-state index in [1.807, 2.05) is 13.0 Å². The third-order valence-corrected chi connectivity index (χ3v) is 6.54. The van der Waals surface area contributed by atoms with Crippen LogP contribution in [0.2, 0.25) is 0 Å². The van der Waals surface area contributed by atoms with Crippen molar-refractivity contribution in [1.29, 1.82) is 0 Å². The summed E-state index contributed by atoms with van der Waals surface area (Å²) in [5, 5.41) is 2.88. The number of ether oxygens (including phenoxy) is 1. The van der Waals surface area contributed by atoms with Gasteiger partial charge < -0.3 is 10.1 Å². The molecule has 1 amide bonds. The number of nitrogens with zero attached hydrogens (tertiary/aromatic N) is 1. The summed E-state index contributed by atoms with van der Waals surface area (Å²) in [5.41, 5.74) is 2.31. The number of rotatable bonds is 10.